The van der Waals surface area contributed by atoms with Crippen LogP contribution in [0.15, 0.2) is 48.5 Å². The van der Waals surface area contributed by atoms with E-state index < -0.39 is 0 Å². The zero-order chi connectivity index (χ0) is 19.2. The summed E-state index contributed by atoms with van der Waals surface area (Å²) in [6, 6.07) is 19.0. The number of hydrogen-bond donors (Lipinski definition) is 1. The lowest BCUT2D eigenvalue weighted by atomic mass is 9.73. The Morgan fingerprint density at radius 2 is 1.81 bits per heavy atom. The molecule has 1 amide bonds. The Hall–Kier alpha value is -2.80. The second kappa shape index (κ2) is 8.73. The monoisotopic (exact) mass is 361 g/mol. The van der Waals surface area contributed by atoms with Crippen LogP contribution in [-0.2, 0) is 4.79 Å². The lowest BCUT2D eigenvalue weighted by molar-refractivity contribution is -0.126. The third-order valence-corrected chi connectivity index (χ3v) is 5.50. The average molecular weight is 361 g/mol. The van der Waals surface area contributed by atoms with Gasteiger partial charge in [0.05, 0.1) is 6.07 Å². The molecule has 0 aliphatic heterocycles. The zero-order valence-corrected chi connectivity index (χ0v) is 16.1. The first-order chi connectivity index (χ1) is 13.1. The molecule has 0 radical (unpaired) electrons. The molecular weight excluding hydrogens is 334 g/mol. The molecule has 1 N–H and O–H groups in total. The van der Waals surface area contributed by atoms with Gasteiger partial charge in [0, 0.05) is 25.7 Å². The molecule has 2 atom stereocenters. The van der Waals surface area contributed by atoms with Crippen molar-refractivity contribution in [1.82, 2.24) is 5.32 Å². The molecule has 4 heteroatoms. The van der Waals surface area contributed by atoms with Crippen LogP contribution in [-0.4, -0.2) is 26.5 Å². The Balaban J connectivity index is 1.94. The molecule has 0 spiro atoms. The molecule has 3 rings (SSSR count). The molecule has 0 heterocycles. The van der Waals surface area contributed by atoms with Crippen molar-refractivity contribution >= 4 is 11.6 Å². The van der Waals surface area contributed by atoms with Crippen molar-refractivity contribution < 1.29 is 4.79 Å². The molecule has 0 bridgehead atoms. The summed E-state index contributed by atoms with van der Waals surface area (Å²) in [5.41, 5.74) is 4.79. The second-order valence-electron chi connectivity index (χ2n) is 7.40. The van der Waals surface area contributed by atoms with Crippen molar-refractivity contribution in [3.05, 3.63) is 54.1 Å². The molecule has 4 nitrogen and oxygen atoms in total. The minimum atomic E-state index is -0.0608. The maximum absolute atomic E-state index is 12.6. The minimum absolute atomic E-state index is 0.0130. The molecule has 2 aromatic carbocycles. The fourth-order valence-corrected chi connectivity index (χ4v) is 4.10. The van der Waals surface area contributed by atoms with Crippen molar-refractivity contribution in [2.45, 2.75) is 31.6 Å². The Bertz CT molecular complexity index is 820. The smallest absolute Gasteiger partial charge is 0.224 e. The minimum Gasteiger partial charge on any atom is -0.378 e. The highest BCUT2D eigenvalue weighted by molar-refractivity contribution is 5.81. The first-order valence-corrected chi connectivity index (χ1v) is 9.63. The van der Waals surface area contributed by atoms with E-state index in [1.807, 2.05) is 20.2 Å². The van der Waals surface area contributed by atoms with Gasteiger partial charge in [-0.15, -0.1) is 0 Å². The van der Waals surface area contributed by atoms with Crippen LogP contribution in [0.25, 0.3) is 11.1 Å². The number of hydrogen-bond acceptors (Lipinski definition) is 3. The fraction of sp³-hybridized carbons (Fsp3) is 0.391. The van der Waals surface area contributed by atoms with Crippen LogP contribution in [0, 0.1) is 17.2 Å². The van der Waals surface area contributed by atoms with Crippen LogP contribution in [0.2, 0.25) is 0 Å². The van der Waals surface area contributed by atoms with Gasteiger partial charge in [0.1, 0.15) is 6.54 Å². The molecule has 0 aromatic heterocycles. The first kappa shape index (κ1) is 19.0. The molecule has 1 aliphatic carbocycles. The summed E-state index contributed by atoms with van der Waals surface area (Å²) >= 11 is 0. The van der Waals surface area contributed by atoms with E-state index in [1.54, 1.807) is 0 Å². The number of nitrogens with one attached hydrogen (secondary N) is 1. The van der Waals surface area contributed by atoms with Crippen LogP contribution in [0.5, 0.6) is 0 Å². The Labute approximate surface area is 161 Å². The van der Waals surface area contributed by atoms with Crippen molar-refractivity contribution in [1.29, 1.82) is 5.26 Å². The van der Waals surface area contributed by atoms with Crippen LogP contribution >= 0.6 is 0 Å². The number of nitriles is 1. The van der Waals surface area contributed by atoms with Crippen molar-refractivity contribution in [3.63, 3.8) is 0 Å². The number of carbonyl (C=O) groups is 1. The SMILES string of the molecule is CN(C)c1ccc(-c2ccccc2C2CCCCC2C(=O)NCC#N)cc1. The summed E-state index contributed by atoms with van der Waals surface area (Å²) < 4.78 is 0. The van der Waals surface area contributed by atoms with Crippen LogP contribution in [0.1, 0.15) is 37.2 Å². The molecular formula is C23H27N3O. The predicted octanol–water partition coefficient (Wildman–Crippen LogP) is 4.33. The maximum atomic E-state index is 12.6. The van der Waals surface area contributed by atoms with E-state index >= 15 is 0 Å². The van der Waals surface area contributed by atoms with Crippen molar-refractivity contribution in [3.8, 4) is 17.2 Å². The Morgan fingerprint density at radius 3 is 2.52 bits per heavy atom. The van der Waals surface area contributed by atoms with Crippen LogP contribution < -0.4 is 10.2 Å². The van der Waals surface area contributed by atoms with E-state index in [0.29, 0.717) is 0 Å². The first-order valence-electron chi connectivity index (χ1n) is 9.63. The third kappa shape index (κ3) is 4.31. The normalized spacial score (nSPS) is 19.1. The molecule has 140 valence electrons. The largest absolute Gasteiger partial charge is 0.378 e. The summed E-state index contributed by atoms with van der Waals surface area (Å²) in [5.74, 6) is 0.149. The van der Waals surface area contributed by atoms with Gasteiger partial charge >= 0.3 is 0 Å². The number of amides is 1. The molecule has 2 unspecified atom stereocenters. The van der Waals surface area contributed by atoms with E-state index in [9.17, 15) is 4.79 Å². The maximum Gasteiger partial charge on any atom is 0.224 e. The highest BCUT2D eigenvalue weighted by Gasteiger charge is 2.33. The van der Waals surface area contributed by atoms with Gasteiger partial charge < -0.3 is 10.2 Å². The van der Waals surface area contributed by atoms with Gasteiger partial charge in [-0.25, -0.2) is 0 Å². The molecule has 0 saturated heterocycles. The zero-order valence-electron chi connectivity index (χ0n) is 16.1. The number of benzene rings is 2. The van der Waals surface area contributed by atoms with Gasteiger partial charge in [-0.3, -0.25) is 4.79 Å². The highest BCUT2D eigenvalue weighted by atomic mass is 16.1. The van der Waals surface area contributed by atoms with Crippen molar-refractivity contribution in [2.24, 2.45) is 5.92 Å². The lowest BCUT2D eigenvalue weighted by Crippen LogP contribution is -2.36. The van der Waals surface area contributed by atoms with E-state index in [0.717, 1.165) is 25.7 Å². The number of anilines is 1. The highest BCUT2D eigenvalue weighted by Crippen LogP contribution is 2.42. The summed E-state index contributed by atoms with van der Waals surface area (Å²) in [4.78, 5) is 14.7. The summed E-state index contributed by atoms with van der Waals surface area (Å²) in [6.45, 7) is 0.0791. The third-order valence-electron chi connectivity index (χ3n) is 5.50. The molecule has 27 heavy (non-hydrogen) atoms. The average Bonchev–Trinajstić information content (AvgIpc) is 2.72. The van der Waals surface area contributed by atoms with E-state index in [4.69, 9.17) is 5.26 Å². The van der Waals surface area contributed by atoms with E-state index in [1.165, 1.54) is 22.4 Å². The van der Waals surface area contributed by atoms with Gasteiger partial charge in [0.15, 0.2) is 0 Å². The Kier molecular flexibility index (Phi) is 6.13. The fourth-order valence-electron chi connectivity index (χ4n) is 4.10. The van der Waals surface area contributed by atoms with Gasteiger partial charge in [-0.05, 0) is 47.6 Å². The van der Waals surface area contributed by atoms with Crippen LogP contribution in [0.4, 0.5) is 5.69 Å². The van der Waals surface area contributed by atoms with Gasteiger partial charge in [-0.2, -0.15) is 5.26 Å². The standard InChI is InChI=1S/C23H27N3O/c1-26(2)18-13-11-17(12-14-18)19-7-3-4-8-20(19)21-9-5-6-10-22(21)23(27)25-16-15-24/h3-4,7-8,11-14,21-22H,5-6,9-10,16H2,1-2H3,(H,25,27). The predicted molar refractivity (Wildman–Crippen MR) is 110 cm³/mol. The molecule has 1 fully saturated rings. The second-order valence-corrected chi connectivity index (χ2v) is 7.40. The van der Waals surface area contributed by atoms with Gasteiger partial charge in [0.2, 0.25) is 5.91 Å². The summed E-state index contributed by atoms with van der Waals surface area (Å²) in [6.07, 6.45) is 4.11. The molecule has 1 saturated carbocycles. The molecule has 1 aliphatic rings. The van der Waals surface area contributed by atoms with E-state index in [-0.39, 0.29) is 24.3 Å². The lowest BCUT2D eigenvalue weighted by Gasteiger charge is -2.32. The number of rotatable bonds is 5. The quantitative estimate of drug-likeness (QED) is 0.806. The van der Waals surface area contributed by atoms with Crippen molar-refractivity contribution in [2.75, 3.05) is 25.5 Å². The van der Waals surface area contributed by atoms with Gasteiger partial charge in [0.25, 0.3) is 0 Å². The summed E-state index contributed by atoms with van der Waals surface area (Å²) in [5, 5.41) is 11.6. The molecule has 2 aromatic rings. The number of carbonyl (C=O) groups excluding carboxylic acids is 1. The topological polar surface area (TPSA) is 56.1 Å². The Morgan fingerprint density at radius 1 is 1.11 bits per heavy atom. The van der Waals surface area contributed by atoms with E-state index in [2.05, 4.69) is 58.7 Å². The number of nitrogens with zero attached hydrogens (tertiary/aromatic N) is 2. The van der Waals surface area contributed by atoms with Crippen LogP contribution in [0.3, 0.4) is 0 Å². The van der Waals surface area contributed by atoms with Gasteiger partial charge in [-0.1, -0.05) is 49.2 Å². The summed E-state index contributed by atoms with van der Waals surface area (Å²) in [7, 11) is 4.07.